The molecule has 630 valence electrons. The molecule has 0 bridgehead atoms. The fraction of sp³-hybridized carbons (Fsp3) is 0.390. The fourth-order valence-corrected chi connectivity index (χ4v) is 13.7. The molecule has 0 saturated carbocycles. The number of phenolic OH excluding ortho intramolecular Hbond substituents is 1. The van der Waals surface area contributed by atoms with Gasteiger partial charge in [-0.15, -0.1) is 0 Å². The number of nitrogens with one attached hydrogen (secondary N) is 13. The molecule has 6 aromatic carbocycles. The van der Waals surface area contributed by atoms with E-state index in [-0.39, 0.29) is 63.7 Å². The number of likely N-dealkylation sites (tertiary alicyclic amines) is 1. The van der Waals surface area contributed by atoms with Gasteiger partial charge in [0.2, 0.25) is 65.0 Å². The lowest BCUT2D eigenvalue weighted by Gasteiger charge is -2.31. The van der Waals surface area contributed by atoms with Crippen LogP contribution in [0.2, 0.25) is 5.02 Å². The highest BCUT2D eigenvalue weighted by molar-refractivity contribution is 6.30. The molecule has 118 heavy (non-hydrogen) atoms. The number of benzene rings is 6. The van der Waals surface area contributed by atoms with Crippen LogP contribution in [0, 0.1) is 5.92 Å². The number of nitrogens with two attached hydrogens (primary N) is 1. The molecule has 17 N–H and O–H groups in total. The molecule has 1 aliphatic rings. The number of phenols is 1. The molecule has 0 spiro atoms. The predicted octanol–water partition coefficient (Wildman–Crippen LogP) is 5.03. The minimum atomic E-state index is -4.92. The van der Waals surface area contributed by atoms with Crippen LogP contribution < -0.4 is 64.2 Å². The van der Waals surface area contributed by atoms with Gasteiger partial charge in [-0.05, 0) is 126 Å². The van der Waals surface area contributed by atoms with Crippen molar-refractivity contribution < 1.29 is 89.3 Å². The van der Waals surface area contributed by atoms with Crippen molar-refractivity contribution in [2.24, 2.45) is 16.6 Å². The first-order chi connectivity index (χ1) is 56.0. The minimum absolute atomic E-state index is 0.000503. The maximum Gasteiger partial charge on any atom is 0.408 e. The number of hydrogen-bond donors (Lipinski definition) is 16. The van der Waals surface area contributed by atoms with E-state index in [9.17, 15) is 70.1 Å². The number of hydrogen-bond acceptors (Lipinski definition) is 14. The molecule has 29 nitrogen and oxygen atoms in total. The largest absolute Gasteiger partial charge is 0.508 e. The Morgan fingerprint density at radius 3 is 1.65 bits per heavy atom. The summed E-state index contributed by atoms with van der Waals surface area (Å²) in [5, 5.41) is 53.0. The molecule has 11 amide bonds. The van der Waals surface area contributed by atoms with Crippen molar-refractivity contribution in [2.45, 2.75) is 165 Å². The normalized spacial score (nSPS) is 15.4. The lowest BCUT2D eigenvalue weighted by molar-refractivity contribution is -0.142. The van der Waals surface area contributed by atoms with Crippen molar-refractivity contribution in [1.29, 1.82) is 0 Å². The topological polar surface area (TPSA) is 434 Å². The number of fused-ring (bicyclic) bond motifs is 3. The molecule has 10 atom stereocenters. The third-order valence-corrected chi connectivity index (χ3v) is 19.8. The second kappa shape index (κ2) is 41.5. The van der Waals surface area contributed by atoms with E-state index in [2.05, 4.69) is 68.1 Å². The standard InChI is InChI=1S/C82H95ClF6N16O13/c1-45(2)33-62(71(110)98-61(79(118)105-32-12-20-69(105)78(117)95-46(3)70(90)109)19-11-31-91-80(93-43-81(84,85)86)94-44-82(87,88)89)99-75(114)66(39-54-41-92-60-18-10-8-16-58(54)60)102-73(112)65(36-49-24-29-57(108)30-25-49)101-77(116)68(42-106)104-76(115)67(40-56-38-53-15-7-9-17-59(53)97-56)103-74(113)64(35-48-22-27-55(83)28-23-48)100-72(111)63(96-47(4)107)37-50-21-26-51-13-5-6-14-52(51)34-50/h5-10,13-18,21-30,34,38,41,45-46,61-69,92,97,106,108H,11-12,19-20,31-33,35-37,39-40,42-44H2,1-4H3,(H2,90,109)(H,95,117)(H,96,107)(H,98,110)(H,99,114)(H,100,111)(H,101,116)(H,102,112)(H,103,113)(H,104,115)(H2,91,93,94)/t46-,61+,62+,63-,64-,65+,66-,67-,68+,69+/m1/s1. The highest BCUT2D eigenvalue weighted by Gasteiger charge is 2.41. The molecule has 2 aromatic heterocycles. The first kappa shape index (κ1) is 89.7. The van der Waals surface area contributed by atoms with E-state index >= 15 is 19.2 Å². The average Bonchev–Trinajstić information content (AvgIpc) is 1.17. The summed E-state index contributed by atoms with van der Waals surface area (Å²) < 4.78 is 79.7. The highest BCUT2D eigenvalue weighted by atomic mass is 35.5. The summed E-state index contributed by atoms with van der Waals surface area (Å²) >= 11 is 6.27. The number of amides is 11. The summed E-state index contributed by atoms with van der Waals surface area (Å²) in [5.41, 5.74) is 9.05. The molecule has 1 saturated heterocycles. The van der Waals surface area contributed by atoms with E-state index in [1.54, 1.807) is 104 Å². The van der Waals surface area contributed by atoms with E-state index in [0.717, 1.165) is 21.1 Å². The van der Waals surface area contributed by atoms with Gasteiger partial charge in [-0.3, -0.25) is 52.7 Å². The Balaban J connectivity index is 0.987. The van der Waals surface area contributed by atoms with Crippen LogP contribution in [0.1, 0.15) is 87.7 Å². The number of para-hydroxylation sites is 2. The van der Waals surface area contributed by atoms with Gasteiger partial charge in [-0.1, -0.05) is 129 Å². The Kier molecular flexibility index (Phi) is 31.6. The molecule has 9 rings (SSSR count). The summed E-state index contributed by atoms with van der Waals surface area (Å²) in [6.45, 7) is 0.666. The third-order valence-electron chi connectivity index (χ3n) is 19.5. The number of aromatic nitrogens is 2. The zero-order chi connectivity index (χ0) is 85.5. The Bertz CT molecular complexity index is 4880. The summed E-state index contributed by atoms with van der Waals surface area (Å²) in [7, 11) is 0. The lowest BCUT2D eigenvalue weighted by atomic mass is 9.99. The number of halogens is 7. The van der Waals surface area contributed by atoms with Crippen molar-refractivity contribution in [3.8, 4) is 5.75 Å². The van der Waals surface area contributed by atoms with Crippen molar-refractivity contribution in [3.63, 3.8) is 0 Å². The predicted molar refractivity (Wildman–Crippen MR) is 427 cm³/mol. The summed E-state index contributed by atoms with van der Waals surface area (Å²) in [6.07, 6.45) is -9.91. The SMILES string of the molecule is CC(=O)N[C@H](Cc1ccc2ccccc2c1)C(=O)N[C@H](Cc1ccc(Cl)cc1)C(=O)N[C@H](Cc1cc2ccccc2[nH]1)C(=O)N[C@@H](CO)C(=O)N[C@@H](Cc1ccc(O)cc1)C(=O)N[C@H](Cc1c[nH]c2ccccc12)C(=O)N[C@@H](CC(C)C)C(=O)N[C@@H](CCCNC(=NCC(F)(F)F)NCC(F)(F)F)C(=O)N1CCC[C@H]1C(=O)N[C@H](C)C(N)=O. The first-order valence-corrected chi connectivity index (χ1v) is 38.6. The van der Waals surface area contributed by atoms with Gasteiger partial charge in [0, 0.05) is 85.5 Å². The monoisotopic (exact) mass is 1660 g/mol. The number of aliphatic hydroxyl groups excluding tert-OH is 1. The number of aliphatic hydroxyl groups is 1. The average molecular weight is 1660 g/mol. The summed E-state index contributed by atoms with van der Waals surface area (Å²) in [4.78, 5) is 169. The summed E-state index contributed by atoms with van der Waals surface area (Å²) in [6, 6.07) is 25.6. The maximum atomic E-state index is 15.3. The molecule has 0 aliphatic carbocycles. The fourth-order valence-electron chi connectivity index (χ4n) is 13.6. The van der Waals surface area contributed by atoms with Gasteiger partial charge < -0.3 is 89.3 Å². The third kappa shape index (κ3) is 26.9. The minimum Gasteiger partial charge on any atom is -0.508 e. The highest BCUT2D eigenvalue weighted by Crippen LogP contribution is 2.26. The zero-order valence-electron chi connectivity index (χ0n) is 64.9. The van der Waals surface area contributed by atoms with Crippen LogP contribution in [0.3, 0.4) is 0 Å². The molecule has 3 heterocycles. The van der Waals surface area contributed by atoms with Gasteiger partial charge in [0.15, 0.2) is 5.96 Å². The van der Waals surface area contributed by atoms with Crippen LogP contribution in [0.4, 0.5) is 26.3 Å². The van der Waals surface area contributed by atoms with E-state index in [4.69, 9.17) is 17.3 Å². The number of aromatic hydroxyl groups is 1. The number of aliphatic imine (C=N–C) groups is 1. The number of guanidine groups is 1. The van der Waals surface area contributed by atoms with Crippen LogP contribution in [0.5, 0.6) is 5.75 Å². The van der Waals surface area contributed by atoms with Crippen LogP contribution in [0.15, 0.2) is 157 Å². The Hall–Kier alpha value is -12.3. The van der Waals surface area contributed by atoms with Gasteiger partial charge in [-0.25, -0.2) is 4.99 Å². The van der Waals surface area contributed by atoms with Crippen LogP contribution in [-0.2, 0) is 84.8 Å². The lowest BCUT2D eigenvalue weighted by Crippen LogP contribution is -2.62. The van der Waals surface area contributed by atoms with Gasteiger partial charge in [0.1, 0.15) is 79.3 Å². The molecule has 0 unspecified atom stereocenters. The van der Waals surface area contributed by atoms with Gasteiger partial charge in [-0.2, -0.15) is 26.3 Å². The first-order valence-electron chi connectivity index (χ1n) is 38.2. The summed E-state index contributed by atoms with van der Waals surface area (Å²) in [5.74, 6) is -11.5. The Morgan fingerprint density at radius 2 is 1.07 bits per heavy atom. The van der Waals surface area contributed by atoms with Gasteiger partial charge >= 0.3 is 12.4 Å². The molecule has 1 aliphatic heterocycles. The quantitative estimate of drug-likeness (QED) is 0.0104. The number of aromatic amines is 2. The number of H-pyrrole nitrogens is 2. The maximum absolute atomic E-state index is 15.3. The number of carbonyl (C=O) groups excluding carboxylic acids is 11. The molecule has 0 radical (unpaired) electrons. The van der Waals surface area contributed by atoms with Crippen molar-refractivity contribution in [3.05, 3.63) is 185 Å². The number of rotatable bonds is 38. The van der Waals surface area contributed by atoms with E-state index in [1.165, 1.54) is 38.1 Å². The van der Waals surface area contributed by atoms with Gasteiger partial charge in [0.05, 0.1) is 6.61 Å². The van der Waals surface area contributed by atoms with Crippen molar-refractivity contribution in [2.75, 3.05) is 32.8 Å². The van der Waals surface area contributed by atoms with Crippen LogP contribution >= 0.6 is 11.6 Å². The number of alkyl halides is 6. The Morgan fingerprint density at radius 1 is 0.559 bits per heavy atom. The number of carbonyl (C=O) groups is 11. The molecular weight excluding hydrogens is 1570 g/mol. The van der Waals surface area contributed by atoms with Crippen molar-refractivity contribution >= 4 is 115 Å². The van der Waals surface area contributed by atoms with Crippen LogP contribution in [0.25, 0.3) is 32.6 Å². The zero-order valence-corrected chi connectivity index (χ0v) is 65.6. The molecule has 36 heteroatoms. The second-order valence-corrected chi connectivity index (χ2v) is 29.8. The molecule has 1 fully saturated rings. The smallest absolute Gasteiger partial charge is 0.408 e. The molecule has 8 aromatic rings. The number of nitrogens with zero attached hydrogens (tertiary/aromatic N) is 2. The van der Waals surface area contributed by atoms with E-state index < -0.39 is 189 Å². The van der Waals surface area contributed by atoms with Crippen molar-refractivity contribution in [1.82, 2.24) is 73.4 Å². The van der Waals surface area contributed by atoms with Gasteiger partial charge in [0.25, 0.3) is 0 Å². The molecular formula is C82H95ClF6N16O13. The van der Waals surface area contributed by atoms with E-state index in [0.29, 0.717) is 49.4 Å². The van der Waals surface area contributed by atoms with Crippen LogP contribution in [-0.4, -0.2) is 202 Å². The Labute approximate surface area is 679 Å². The number of primary amides is 1. The second-order valence-electron chi connectivity index (χ2n) is 29.4. The van der Waals surface area contributed by atoms with E-state index in [1.807, 2.05) is 42.5 Å².